The standard InChI is InChI=1S/C24H18Cl2FNO2/c1-2-29-24-12-17(11-18(14-28)21-9-6-19(25)13-22(21)26)5-10-23(24)30-15-16-3-7-20(27)8-4-16/h3-13H,2,15H2,1H3/b18-11+. The van der Waals surface area contributed by atoms with Gasteiger partial charge in [-0.25, -0.2) is 4.39 Å². The summed E-state index contributed by atoms with van der Waals surface area (Å²) in [5.41, 5.74) is 2.60. The van der Waals surface area contributed by atoms with Crippen molar-refractivity contribution in [1.29, 1.82) is 5.26 Å². The molecule has 0 N–H and O–H groups in total. The van der Waals surface area contributed by atoms with Crippen LogP contribution in [0.3, 0.4) is 0 Å². The van der Waals surface area contributed by atoms with Crippen LogP contribution in [0, 0.1) is 17.1 Å². The molecule has 0 amide bonds. The lowest BCUT2D eigenvalue weighted by Gasteiger charge is -2.13. The molecule has 0 aliphatic rings. The molecule has 152 valence electrons. The van der Waals surface area contributed by atoms with Gasteiger partial charge in [0.05, 0.1) is 23.3 Å². The Labute approximate surface area is 184 Å². The summed E-state index contributed by atoms with van der Waals surface area (Å²) in [7, 11) is 0. The average molecular weight is 442 g/mol. The molecule has 3 rings (SSSR count). The molecule has 3 nitrogen and oxygen atoms in total. The predicted octanol–water partition coefficient (Wildman–Crippen LogP) is 7.17. The second-order valence-corrected chi connectivity index (χ2v) is 7.19. The van der Waals surface area contributed by atoms with Crippen LogP contribution in [0.2, 0.25) is 10.0 Å². The minimum Gasteiger partial charge on any atom is -0.490 e. The van der Waals surface area contributed by atoms with E-state index in [4.69, 9.17) is 32.7 Å². The predicted molar refractivity (Wildman–Crippen MR) is 118 cm³/mol. The second-order valence-electron chi connectivity index (χ2n) is 6.35. The van der Waals surface area contributed by atoms with Gasteiger partial charge in [-0.1, -0.05) is 47.5 Å². The number of benzene rings is 3. The van der Waals surface area contributed by atoms with E-state index in [1.165, 1.54) is 12.1 Å². The molecule has 0 saturated heterocycles. The van der Waals surface area contributed by atoms with Gasteiger partial charge in [0.15, 0.2) is 11.5 Å². The number of hydrogen-bond acceptors (Lipinski definition) is 3. The first-order valence-electron chi connectivity index (χ1n) is 9.21. The lowest BCUT2D eigenvalue weighted by atomic mass is 10.0. The van der Waals surface area contributed by atoms with Gasteiger partial charge >= 0.3 is 0 Å². The molecule has 0 saturated carbocycles. The fourth-order valence-electron chi connectivity index (χ4n) is 2.79. The molecule has 3 aromatic carbocycles. The highest BCUT2D eigenvalue weighted by molar-refractivity contribution is 6.36. The lowest BCUT2D eigenvalue weighted by Crippen LogP contribution is -2.00. The third kappa shape index (κ3) is 5.54. The van der Waals surface area contributed by atoms with Crippen molar-refractivity contribution in [1.82, 2.24) is 0 Å². The maximum atomic E-state index is 13.1. The van der Waals surface area contributed by atoms with Crippen LogP contribution >= 0.6 is 23.2 Å². The van der Waals surface area contributed by atoms with E-state index < -0.39 is 0 Å². The molecule has 6 heteroatoms. The summed E-state index contributed by atoms with van der Waals surface area (Å²) in [6, 6.07) is 18.7. The second kappa shape index (κ2) is 10.2. The molecule has 0 unspecified atom stereocenters. The Hall–Kier alpha value is -3.00. The fraction of sp³-hybridized carbons (Fsp3) is 0.125. The number of hydrogen-bond donors (Lipinski definition) is 0. The van der Waals surface area contributed by atoms with Gasteiger partial charge in [-0.2, -0.15) is 5.26 Å². The molecule has 0 fully saturated rings. The maximum Gasteiger partial charge on any atom is 0.161 e. The largest absolute Gasteiger partial charge is 0.490 e. The Morgan fingerprint density at radius 3 is 2.43 bits per heavy atom. The van der Waals surface area contributed by atoms with Gasteiger partial charge in [-0.3, -0.25) is 0 Å². The third-order valence-electron chi connectivity index (χ3n) is 4.23. The van der Waals surface area contributed by atoms with E-state index >= 15 is 0 Å². The van der Waals surface area contributed by atoms with Crippen LogP contribution < -0.4 is 9.47 Å². The molecular formula is C24H18Cl2FNO2. The number of nitriles is 1. The van der Waals surface area contributed by atoms with Gasteiger partial charge in [0.2, 0.25) is 0 Å². The molecular weight excluding hydrogens is 424 g/mol. The van der Waals surface area contributed by atoms with E-state index in [-0.39, 0.29) is 12.4 Å². The summed E-state index contributed by atoms with van der Waals surface area (Å²) >= 11 is 12.2. The van der Waals surface area contributed by atoms with Crippen LogP contribution in [0.5, 0.6) is 11.5 Å². The quantitative estimate of drug-likeness (QED) is 0.288. The molecule has 0 heterocycles. The van der Waals surface area contributed by atoms with E-state index in [2.05, 4.69) is 6.07 Å². The Morgan fingerprint density at radius 1 is 1.00 bits per heavy atom. The van der Waals surface area contributed by atoms with Crippen molar-refractivity contribution in [2.45, 2.75) is 13.5 Å². The molecule has 0 aromatic heterocycles. The highest BCUT2D eigenvalue weighted by Gasteiger charge is 2.10. The number of allylic oxidation sites excluding steroid dienone is 1. The van der Waals surface area contributed by atoms with E-state index in [9.17, 15) is 9.65 Å². The monoisotopic (exact) mass is 441 g/mol. The first-order valence-corrected chi connectivity index (χ1v) is 9.97. The highest BCUT2D eigenvalue weighted by atomic mass is 35.5. The zero-order valence-corrected chi connectivity index (χ0v) is 17.7. The summed E-state index contributed by atoms with van der Waals surface area (Å²) in [5.74, 6) is 0.813. The van der Waals surface area contributed by atoms with Crippen LogP contribution in [0.4, 0.5) is 4.39 Å². The molecule has 0 aliphatic carbocycles. The van der Waals surface area contributed by atoms with E-state index in [1.807, 2.05) is 13.0 Å². The highest BCUT2D eigenvalue weighted by Crippen LogP contribution is 2.32. The Bertz CT molecular complexity index is 1110. The van der Waals surface area contributed by atoms with Crippen LogP contribution in [-0.4, -0.2) is 6.61 Å². The normalized spacial score (nSPS) is 11.1. The number of rotatable bonds is 7. The van der Waals surface area contributed by atoms with E-state index in [0.29, 0.717) is 39.3 Å². The van der Waals surface area contributed by atoms with Crippen molar-refractivity contribution < 1.29 is 13.9 Å². The van der Waals surface area contributed by atoms with Gasteiger partial charge in [0, 0.05) is 10.6 Å². The van der Waals surface area contributed by atoms with Gasteiger partial charge in [0.1, 0.15) is 12.4 Å². The summed E-state index contributed by atoms with van der Waals surface area (Å²) < 4.78 is 24.6. The van der Waals surface area contributed by atoms with Crippen molar-refractivity contribution in [3.8, 4) is 17.6 Å². The Morgan fingerprint density at radius 2 is 1.77 bits per heavy atom. The molecule has 0 spiro atoms. The SMILES string of the molecule is CCOc1cc(/C=C(\C#N)c2ccc(Cl)cc2Cl)ccc1OCc1ccc(F)cc1. The van der Waals surface area contributed by atoms with Crippen molar-refractivity contribution in [2.75, 3.05) is 6.61 Å². The molecule has 3 aromatic rings. The minimum atomic E-state index is -0.293. The molecule has 0 atom stereocenters. The van der Waals surface area contributed by atoms with Crippen LogP contribution in [0.25, 0.3) is 11.6 Å². The molecule has 0 bridgehead atoms. The van der Waals surface area contributed by atoms with Gasteiger partial charge in [-0.05, 0) is 60.5 Å². The van der Waals surface area contributed by atoms with Crippen LogP contribution in [0.15, 0.2) is 60.7 Å². The zero-order chi connectivity index (χ0) is 21.5. The van der Waals surface area contributed by atoms with E-state index in [1.54, 1.807) is 48.5 Å². The molecule has 30 heavy (non-hydrogen) atoms. The van der Waals surface area contributed by atoms with Crippen molar-refractivity contribution in [3.63, 3.8) is 0 Å². The maximum absolute atomic E-state index is 13.1. The smallest absolute Gasteiger partial charge is 0.161 e. The lowest BCUT2D eigenvalue weighted by molar-refractivity contribution is 0.269. The molecule has 0 aliphatic heterocycles. The van der Waals surface area contributed by atoms with Crippen molar-refractivity contribution >= 4 is 34.9 Å². The number of nitrogens with zero attached hydrogens (tertiary/aromatic N) is 1. The van der Waals surface area contributed by atoms with Crippen molar-refractivity contribution in [3.05, 3.63) is 93.2 Å². The summed E-state index contributed by atoms with van der Waals surface area (Å²) in [6.07, 6.45) is 1.72. The number of halogens is 3. The summed E-state index contributed by atoms with van der Waals surface area (Å²) in [5, 5.41) is 10.5. The third-order valence-corrected chi connectivity index (χ3v) is 4.78. The zero-order valence-electron chi connectivity index (χ0n) is 16.2. The fourth-order valence-corrected chi connectivity index (χ4v) is 3.30. The van der Waals surface area contributed by atoms with Crippen LogP contribution in [0.1, 0.15) is 23.6 Å². The summed E-state index contributed by atoms with van der Waals surface area (Å²) in [4.78, 5) is 0. The Kier molecular flexibility index (Phi) is 7.35. The summed E-state index contributed by atoms with van der Waals surface area (Å²) in [6.45, 7) is 2.61. The van der Waals surface area contributed by atoms with Gasteiger partial charge < -0.3 is 9.47 Å². The Balaban J connectivity index is 1.86. The van der Waals surface area contributed by atoms with Gasteiger partial charge in [0.25, 0.3) is 0 Å². The van der Waals surface area contributed by atoms with E-state index in [0.717, 1.165) is 11.1 Å². The number of ether oxygens (including phenoxy) is 2. The molecule has 0 radical (unpaired) electrons. The van der Waals surface area contributed by atoms with Crippen molar-refractivity contribution in [2.24, 2.45) is 0 Å². The minimum absolute atomic E-state index is 0.277. The van der Waals surface area contributed by atoms with Crippen LogP contribution in [-0.2, 0) is 6.61 Å². The topological polar surface area (TPSA) is 42.2 Å². The average Bonchev–Trinajstić information content (AvgIpc) is 2.73. The first kappa shape index (κ1) is 21.7. The first-order chi connectivity index (χ1) is 14.5. The van der Waals surface area contributed by atoms with Gasteiger partial charge in [-0.15, -0.1) is 0 Å².